The van der Waals surface area contributed by atoms with Crippen LogP contribution in [0.1, 0.15) is 30.3 Å². The predicted octanol–water partition coefficient (Wildman–Crippen LogP) is 2.16. The van der Waals surface area contributed by atoms with E-state index in [9.17, 15) is 0 Å². The summed E-state index contributed by atoms with van der Waals surface area (Å²) in [6.07, 6.45) is 5.58. The highest BCUT2D eigenvalue weighted by Crippen LogP contribution is 2.25. The van der Waals surface area contributed by atoms with Gasteiger partial charge in [0.15, 0.2) is 5.65 Å². The molecule has 0 bridgehead atoms. The first kappa shape index (κ1) is 8.89. The quantitative estimate of drug-likeness (QED) is 0.654. The molecule has 3 rings (SSSR count). The summed E-state index contributed by atoms with van der Waals surface area (Å²) >= 11 is 0. The third-order valence-corrected chi connectivity index (χ3v) is 3.23. The van der Waals surface area contributed by atoms with E-state index in [4.69, 9.17) is 0 Å². The Morgan fingerprint density at radius 3 is 3.20 bits per heavy atom. The van der Waals surface area contributed by atoms with Crippen LogP contribution in [0.2, 0.25) is 0 Å². The molecule has 0 saturated heterocycles. The molecule has 0 fully saturated rings. The molecule has 0 aromatic carbocycles. The van der Waals surface area contributed by atoms with Gasteiger partial charge in [-0.1, -0.05) is 6.92 Å². The van der Waals surface area contributed by atoms with Crippen LogP contribution in [-0.4, -0.2) is 14.6 Å². The highest BCUT2D eigenvalue weighted by molar-refractivity contribution is 5.42. The SMILES string of the molecule is Cc1cc2ncc3c(n2n1)CCC(C)C3. The van der Waals surface area contributed by atoms with Gasteiger partial charge in [-0.25, -0.2) is 9.50 Å². The lowest BCUT2D eigenvalue weighted by Crippen LogP contribution is -2.16. The summed E-state index contributed by atoms with van der Waals surface area (Å²) in [7, 11) is 0. The standard InChI is InChI=1S/C12H15N3/c1-8-3-4-11-10(5-8)7-13-12-6-9(2)14-15(11)12/h6-8H,3-5H2,1-2H3. The van der Waals surface area contributed by atoms with Gasteiger partial charge in [0.25, 0.3) is 0 Å². The van der Waals surface area contributed by atoms with E-state index >= 15 is 0 Å². The van der Waals surface area contributed by atoms with Crippen molar-refractivity contribution in [2.75, 3.05) is 0 Å². The molecule has 3 nitrogen and oxygen atoms in total. The van der Waals surface area contributed by atoms with Crippen LogP contribution in [0.15, 0.2) is 12.3 Å². The summed E-state index contributed by atoms with van der Waals surface area (Å²) in [5, 5.41) is 4.51. The summed E-state index contributed by atoms with van der Waals surface area (Å²) in [6, 6.07) is 2.04. The molecule has 2 aromatic rings. The molecule has 0 saturated carbocycles. The predicted molar refractivity (Wildman–Crippen MR) is 58.9 cm³/mol. The molecule has 1 atom stereocenters. The Morgan fingerprint density at radius 1 is 1.47 bits per heavy atom. The van der Waals surface area contributed by atoms with Gasteiger partial charge >= 0.3 is 0 Å². The first-order valence-corrected chi connectivity index (χ1v) is 5.57. The normalized spacial score (nSPS) is 20.5. The zero-order chi connectivity index (χ0) is 10.4. The zero-order valence-corrected chi connectivity index (χ0v) is 9.20. The first-order chi connectivity index (χ1) is 7.24. The van der Waals surface area contributed by atoms with Gasteiger partial charge in [0.2, 0.25) is 0 Å². The first-order valence-electron chi connectivity index (χ1n) is 5.57. The molecule has 0 radical (unpaired) electrons. The molecule has 1 unspecified atom stereocenters. The van der Waals surface area contributed by atoms with Crippen molar-refractivity contribution in [3.63, 3.8) is 0 Å². The van der Waals surface area contributed by atoms with Gasteiger partial charge in [0.05, 0.1) is 5.69 Å². The van der Waals surface area contributed by atoms with Crippen molar-refractivity contribution in [3.8, 4) is 0 Å². The Morgan fingerprint density at radius 2 is 2.33 bits per heavy atom. The van der Waals surface area contributed by atoms with Crippen molar-refractivity contribution in [2.24, 2.45) is 5.92 Å². The third kappa shape index (κ3) is 1.34. The van der Waals surface area contributed by atoms with Crippen LogP contribution in [0.4, 0.5) is 0 Å². The molecule has 0 spiro atoms. The van der Waals surface area contributed by atoms with E-state index in [-0.39, 0.29) is 0 Å². The number of hydrogen-bond donors (Lipinski definition) is 0. The summed E-state index contributed by atoms with van der Waals surface area (Å²) in [6.45, 7) is 4.33. The van der Waals surface area contributed by atoms with Crippen LogP contribution >= 0.6 is 0 Å². The Bertz CT molecular complexity index is 513. The van der Waals surface area contributed by atoms with Crippen molar-refractivity contribution < 1.29 is 0 Å². The number of aromatic nitrogens is 3. The lowest BCUT2D eigenvalue weighted by molar-refractivity contribution is 0.485. The van der Waals surface area contributed by atoms with Crippen LogP contribution in [0, 0.1) is 12.8 Å². The van der Waals surface area contributed by atoms with Crippen molar-refractivity contribution in [1.29, 1.82) is 0 Å². The average Bonchev–Trinajstić information content (AvgIpc) is 2.58. The van der Waals surface area contributed by atoms with Crippen LogP contribution in [-0.2, 0) is 12.8 Å². The van der Waals surface area contributed by atoms with Crippen molar-refractivity contribution in [1.82, 2.24) is 14.6 Å². The number of aryl methyl sites for hydroxylation is 2. The van der Waals surface area contributed by atoms with Gasteiger partial charge in [-0.3, -0.25) is 0 Å². The minimum Gasteiger partial charge on any atom is -0.237 e. The number of rotatable bonds is 0. The lowest BCUT2D eigenvalue weighted by atomic mass is 9.89. The third-order valence-electron chi connectivity index (χ3n) is 3.23. The molecule has 1 aliphatic carbocycles. The second-order valence-corrected chi connectivity index (χ2v) is 4.63. The molecule has 15 heavy (non-hydrogen) atoms. The fourth-order valence-electron chi connectivity index (χ4n) is 2.43. The summed E-state index contributed by atoms with van der Waals surface area (Å²) in [5.41, 5.74) is 4.78. The molecular formula is C12H15N3. The maximum absolute atomic E-state index is 4.51. The van der Waals surface area contributed by atoms with Crippen molar-refractivity contribution >= 4 is 5.65 Å². The monoisotopic (exact) mass is 201 g/mol. The Labute approximate surface area is 89.1 Å². The van der Waals surface area contributed by atoms with Gasteiger partial charge in [-0.15, -0.1) is 0 Å². The van der Waals surface area contributed by atoms with Crippen LogP contribution in [0.5, 0.6) is 0 Å². The molecular weight excluding hydrogens is 186 g/mol. The topological polar surface area (TPSA) is 30.2 Å². The highest BCUT2D eigenvalue weighted by Gasteiger charge is 2.18. The molecule has 2 heterocycles. The summed E-state index contributed by atoms with van der Waals surface area (Å²) in [4.78, 5) is 4.45. The second kappa shape index (κ2) is 3.05. The van der Waals surface area contributed by atoms with Crippen molar-refractivity contribution in [2.45, 2.75) is 33.1 Å². The smallest absolute Gasteiger partial charge is 0.155 e. The van der Waals surface area contributed by atoms with Crippen LogP contribution < -0.4 is 0 Å². The Balaban J connectivity index is 2.24. The number of nitrogens with zero attached hydrogens (tertiary/aromatic N) is 3. The van der Waals surface area contributed by atoms with E-state index in [0.717, 1.165) is 30.1 Å². The fraction of sp³-hybridized carbons (Fsp3) is 0.500. The Kier molecular flexibility index (Phi) is 1.81. The maximum atomic E-state index is 4.51. The van der Waals surface area contributed by atoms with Crippen LogP contribution in [0.25, 0.3) is 5.65 Å². The van der Waals surface area contributed by atoms with Gasteiger partial charge in [0.1, 0.15) is 0 Å². The van der Waals surface area contributed by atoms with Crippen molar-refractivity contribution in [3.05, 3.63) is 29.2 Å². The maximum Gasteiger partial charge on any atom is 0.155 e. The van der Waals surface area contributed by atoms with Gasteiger partial charge in [-0.05, 0) is 37.7 Å². The lowest BCUT2D eigenvalue weighted by Gasteiger charge is -2.21. The summed E-state index contributed by atoms with van der Waals surface area (Å²) < 4.78 is 2.02. The fourth-order valence-corrected chi connectivity index (χ4v) is 2.43. The minimum absolute atomic E-state index is 0.786. The largest absolute Gasteiger partial charge is 0.237 e. The van der Waals surface area contributed by atoms with E-state index in [0.29, 0.717) is 0 Å². The molecule has 0 aliphatic heterocycles. The number of fused-ring (bicyclic) bond motifs is 3. The van der Waals surface area contributed by atoms with E-state index in [1.54, 1.807) is 0 Å². The number of hydrogen-bond acceptors (Lipinski definition) is 2. The molecule has 0 amide bonds. The van der Waals surface area contributed by atoms with E-state index in [1.165, 1.54) is 17.7 Å². The second-order valence-electron chi connectivity index (χ2n) is 4.63. The molecule has 0 N–H and O–H groups in total. The van der Waals surface area contributed by atoms with Gasteiger partial charge in [-0.2, -0.15) is 5.10 Å². The minimum atomic E-state index is 0.786. The average molecular weight is 201 g/mol. The van der Waals surface area contributed by atoms with E-state index < -0.39 is 0 Å². The highest BCUT2D eigenvalue weighted by atomic mass is 15.3. The molecule has 78 valence electrons. The van der Waals surface area contributed by atoms with Gasteiger partial charge in [0, 0.05) is 18.0 Å². The Hall–Kier alpha value is -1.38. The molecule has 2 aromatic heterocycles. The summed E-state index contributed by atoms with van der Waals surface area (Å²) in [5.74, 6) is 0.786. The van der Waals surface area contributed by atoms with Gasteiger partial charge < -0.3 is 0 Å². The van der Waals surface area contributed by atoms with E-state index in [1.807, 2.05) is 23.7 Å². The molecule has 1 aliphatic rings. The zero-order valence-electron chi connectivity index (χ0n) is 9.20. The van der Waals surface area contributed by atoms with E-state index in [2.05, 4.69) is 17.0 Å². The molecule has 3 heteroatoms. The van der Waals surface area contributed by atoms with Crippen LogP contribution in [0.3, 0.4) is 0 Å².